The molecule has 15 nitrogen and oxygen atoms in total. The summed E-state index contributed by atoms with van der Waals surface area (Å²) in [5.41, 5.74) is -4.49. The van der Waals surface area contributed by atoms with E-state index in [2.05, 4.69) is 15.0 Å². The molecule has 3 fully saturated rings. The third kappa shape index (κ3) is 7.39. The topological polar surface area (TPSA) is 194 Å². The van der Waals surface area contributed by atoms with E-state index in [4.69, 9.17) is 14.2 Å². The van der Waals surface area contributed by atoms with Crippen LogP contribution in [0.3, 0.4) is 0 Å². The van der Waals surface area contributed by atoms with Crippen molar-refractivity contribution >= 4 is 44.6 Å². The standard InChI is InChI=1S/C42H55F2N5O10S/c1-7-25(4)48(38(53)54)32-26(8-2)21-24(3)11-9-10-12-27-22-41(27,37(52)47-60(55,56)39(5)16-17-39)46-34(50)30-23-40(6,42(43,44)49(30)36(32)51)59-35-29-13-14-31-33(58-20-19-57-31)28(29)15-18-45-35/h10,12-15,18,24-27,30,32H,7-9,11,16-17,19-23H2,1-6H3,(H,46,50)(H,47,52)(H,53,54)/b12-10-/t24-,25?,26+,27+,30-,32-,40+,41+/m0/s1. The van der Waals surface area contributed by atoms with Gasteiger partial charge in [-0.1, -0.05) is 39.3 Å². The van der Waals surface area contributed by atoms with E-state index in [1.54, 1.807) is 45.0 Å². The molecule has 60 heavy (non-hydrogen) atoms. The van der Waals surface area contributed by atoms with Gasteiger partial charge in [-0.3, -0.25) is 28.9 Å². The molecule has 5 aliphatic rings. The Labute approximate surface area is 348 Å². The van der Waals surface area contributed by atoms with Crippen LogP contribution in [0.1, 0.15) is 99.3 Å². The van der Waals surface area contributed by atoms with E-state index in [9.17, 15) is 27.9 Å². The highest BCUT2D eigenvalue weighted by Gasteiger charge is 2.71. The van der Waals surface area contributed by atoms with Crippen LogP contribution >= 0.6 is 0 Å². The molecule has 1 aromatic carbocycles. The normalized spacial score (nSPS) is 31.9. The molecule has 2 aliphatic carbocycles. The maximum absolute atomic E-state index is 17.8. The fraction of sp³-hybridized carbons (Fsp3) is 0.643. The number of carboxylic acid groups (broad SMARTS) is 1. The number of alkyl halides is 2. The molecule has 18 heteroatoms. The number of allylic oxidation sites excluding steroid dienone is 1. The third-order valence-corrected chi connectivity index (χ3v) is 15.6. The maximum atomic E-state index is 17.8. The van der Waals surface area contributed by atoms with Crippen LogP contribution in [0.2, 0.25) is 0 Å². The Balaban J connectivity index is 1.35. The number of hydrogen-bond donors (Lipinski definition) is 3. The predicted octanol–water partition coefficient (Wildman–Crippen LogP) is 5.76. The van der Waals surface area contributed by atoms with Gasteiger partial charge in [0.05, 0.1) is 4.75 Å². The monoisotopic (exact) mass is 859 g/mol. The highest BCUT2D eigenvalue weighted by atomic mass is 32.2. The van der Waals surface area contributed by atoms with Crippen molar-refractivity contribution in [1.82, 2.24) is 24.8 Å². The fourth-order valence-electron chi connectivity index (χ4n) is 9.00. The minimum atomic E-state index is -4.29. The molecule has 1 unspecified atom stereocenters. The van der Waals surface area contributed by atoms with Gasteiger partial charge in [0.2, 0.25) is 21.8 Å². The molecule has 3 aliphatic heterocycles. The van der Waals surface area contributed by atoms with Crippen LogP contribution in [-0.2, 0) is 24.4 Å². The van der Waals surface area contributed by atoms with E-state index in [1.165, 1.54) is 13.1 Å². The number of nitrogens with zero attached hydrogens (tertiary/aromatic N) is 3. The van der Waals surface area contributed by atoms with Crippen molar-refractivity contribution in [3.8, 4) is 17.4 Å². The zero-order valence-corrected chi connectivity index (χ0v) is 35.7. The summed E-state index contributed by atoms with van der Waals surface area (Å²) in [6, 6.07) is -3.92. The number of rotatable bonds is 9. The molecule has 8 atom stereocenters. The SMILES string of the molecule is CCC(C)N(C(=O)O)[C@@H]1C(=O)N2[C@@H](C[C@@](C)(Oc3nccc4c5c(ccc34)OCCO5)C2(F)F)C(=O)N[C@]2(C(=O)NS(=O)(=O)C3(C)CC3)C[C@H]2/C=C\CC[C@H](C)C[C@H]1CC. The third-order valence-electron chi connectivity index (χ3n) is 13.4. The molecular formula is C42H55F2N5O10S. The van der Waals surface area contributed by atoms with Gasteiger partial charge in [-0.25, -0.2) is 18.2 Å². The van der Waals surface area contributed by atoms with Crippen LogP contribution < -0.4 is 24.2 Å². The largest absolute Gasteiger partial charge is 0.486 e. The first-order chi connectivity index (χ1) is 28.2. The summed E-state index contributed by atoms with van der Waals surface area (Å²) in [4.78, 5) is 62.6. The van der Waals surface area contributed by atoms with Crippen LogP contribution in [0.15, 0.2) is 36.5 Å². The van der Waals surface area contributed by atoms with E-state index < -0.39 is 92.2 Å². The van der Waals surface area contributed by atoms with Crippen molar-refractivity contribution in [1.29, 1.82) is 0 Å². The van der Waals surface area contributed by atoms with Gasteiger partial charge in [-0.05, 0) is 95.8 Å². The molecule has 0 spiro atoms. The van der Waals surface area contributed by atoms with Gasteiger partial charge in [-0.15, -0.1) is 0 Å². The Hall–Kier alpha value is -4.74. The van der Waals surface area contributed by atoms with Gasteiger partial charge in [0.15, 0.2) is 17.1 Å². The molecule has 0 radical (unpaired) electrons. The number of amides is 4. The van der Waals surface area contributed by atoms with Crippen LogP contribution in [0, 0.1) is 17.8 Å². The number of aromatic nitrogens is 1. The molecule has 4 amide bonds. The average Bonchev–Trinajstić information content (AvgIpc) is 4.11. The summed E-state index contributed by atoms with van der Waals surface area (Å²) < 4.78 is 80.9. The number of carbonyl (C=O) groups is 4. The second-order valence-corrected chi connectivity index (χ2v) is 19.9. The molecule has 2 saturated carbocycles. The van der Waals surface area contributed by atoms with Gasteiger partial charge >= 0.3 is 12.1 Å². The second kappa shape index (κ2) is 15.6. The lowest BCUT2D eigenvalue weighted by atomic mass is 9.83. The molecule has 328 valence electrons. The van der Waals surface area contributed by atoms with Gasteiger partial charge in [-0.2, -0.15) is 8.78 Å². The van der Waals surface area contributed by atoms with Crippen LogP contribution in [0.25, 0.3) is 10.8 Å². The minimum absolute atomic E-state index is 0.0228. The van der Waals surface area contributed by atoms with E-state index in [1.807, 2.05) is 13.0 Å². The molecular weight excluding hydrogens is 805 g/mol. The second-order valence-electron chi connectivity index (χ2n) is 17.7. The zero-order chi connectivity index (χ0) is 43.6. The fourth-order valence-corrected chi connectivity index (χ4v) is 10.3. The van der Waals surface area contributed by atoms with E-state index >= 15 is 13.6 Å². The van der Waals surface area contributed by atoms with Crippen LogP contribution in [-0.4, -0.2) is 105 Å². The van der Waals surface area contributed by atoms with Crippen molar-refractivity contribution in [3.05, 3.63) is 36.5 Å². The number of fused-ring (bicyclic) bond motifs is 5. The molecule has 0 bridgehead atoms. The maximum Gasteiger partial charge on any atom is 0.408 e. The number of halogens is 2. The summed E-state index contributed by atoms with van der Waals surface area (Å²) in [5, 5.41) is 14.1. The molecule has 3 N–H and O–H groups in total. The van der Waals surface area contributed by atoms with Crippen molar-refractivity contribution in [3.63, 3.8) is 0 Å². The lowest BCUT2D eigenvalue weighted by molar-refractivity contribution is -0.219. The highest BCUT2D eigenvalue weighted by molar-refractivity contribution is 7.91. The number of sulfonamides is 1. The van der Waals surface area contributed by atoms with Crippen molar-refractivity contribution in [2.24, 2.45) is 17.8 Å². The number of benzene rings is 1. The Morgan fingerprint density at radius 3 is 2.50 bits per heavy atom. The number of ether oxygens (including phenoxy) is 3. The molecule has 1 saturated heterocycles. The lowest BCUT2D eigenvalue weighted by Gasteiger charge is -2.43. The van der Waals surface area contributed by atoms with Gasteiger partial charge in [0.1, 0.15) is 30.8 Å². The Kier molecular flexibility index (Phi) is 11.3. The first kappa shape index (κ1) is 43.4. The van der Waals surface area contributed by atoms with Crippen molar-refractivity contribution in [2.45, 2.75) is 139 Å². The first-order valence-electron chi connectivity index (χ1n) is 20.9. The Morgan fingerprint density at radius 2 is 1.83 bits per heavy atom. The molecule has 1 aromatic heterocycles. The quantitative estimate of drug-likeness (QED) is 0.205. The summed E-state index contributed by atoms with van der Waals surface area (Å²) in [7, 11) is -4.17. The van der Waals surface area contributed by atoms with Crippen LogP contribution in [0.4, 0.5) is 13.6 Å². The van der Waals surface area contributed by atoms with Crippen LogP contribution in [0.5, 0.6) is 17.4 Å². The molecule has 2 aromatic rings. The summed E-state index contributed by atoms with van der Waals surface area (Å²) in [5.74, 6) is -4.39. The minimum Gasteiger partial charge on any atom is -0.486 e. The average molecular weight is 860 g/mol. The predicted molar refractivity (Wildman–Crippen MR) is 215 cm³/mol. The number of hydrogen-bond acceptors (Lipinski definition) is 10. The van der Waals surface area contributed by atoms with E-state index in [-0.39, 0.29) is 42.6 Å². The van der Waals surface area contributed by atoms with Gasteiger partial charge in [0, 0.05) is 35.3 Å². The summed E-state index contributed by atoms with van der Waals surface area (Å²) >= 11 is 0. The summed E-state index contributed by atoms with van der Waals surface area (Å²) in [6.07, 6.45) is 5.22. The first-order valence-corrected chi connectivity index (χ1v) is 22.4. The smallest absolute Gasteiger partial charge is 0.408 e. The van der Waals surface area contributed by atoms with E-state index in [0.717, 1.165) is 11.8 Å². The van der Waals surface area contributed by atoms with Crippen molar-refractivity contribution in [2.75, 3.05) is 13.2 Å². The molecule has 7 rings (SSSR count). The Bertz CT molecular complexity index is 2200. The van der Waals surface area contributed by atoms with E-state index in [0.29, 0.717) is 61.0 Å². The molecule has 4 heterocycles. The lowest BCUT2D eigenvalue weighted by Crippen LogP contribution is -2.65. The number of pyridine rings is 1. The van der Waals surface area contributed by atoms with Gasteiger partial charge < -0.3 is 24.6 Å². The van der Waals surface area contributed by atoms with Crippen molar-refractivity contribution < 1.29 is 55.7 Å². The zero-order valence-electron chi connectivity index (χ0n) is 34.8. The number of nitrogens with one attached hydrogen (secondary N) is 2. The summed E-state index contributed by atoms with van der Waals surface area (Å²) in [6.45, 7) is 10.2. The number of carbonyl (C=O) groups excluding carboxylic acids is 3. The highest BCUT2D eigenvalue weighted by Crippen LogP contribution is 2.52. The Morgan fingerprint density at radius 1 is 1.12 bits per heavy atom. The van der Waals surface area contributed by atoms with Gasteiger partial charge in [0.25, 0.3) is 11.8 Å².